The van der Waals surface area contributed by atoms with Crippen LogP contribution in [0.25, 0.3) is 11.1 Å². The second-order valence-corrected chi connectivity index (χ2v) is 8.02. The summed E-state index contributed by atoms with van der Waals surface area (Å²) in [6.45, 7) is 3.40. The summed E-state index contributed by atoms with van der Waals surface area (Å²) in [6, 6.07) is 6.07. The third-order valence-electron chi connectivity index (χ3n) is 5.51. The molecule has 0 bridgehead atoms. The van der Waals surface area contributed by atoms with E-state index in [1.165, 1.54) is 25.0 Å². The topological polar surface area (TPSA) is 59.5 Å². The molecule has 0 amide bonds. The lowest BCUT2D eigenvalue weighted by atomic mass is 9.87. The third kappa shape index (κ3) is 6.72. The number of benzene rings is 1. The normalized spacial score (nSPS) is 19.2. The predicted molar refractivity (Wildman–Crippen MR) is 114 cm³/mol. The first-order chi connectivity index (χ1) is 14.7. The van der Waals surface area contributed by atoms with E-state index in [0.29, 0.717) is 36.5 Å². The number of halogens is 3. The Morgan fingerprint density at radius 1 is 1.13 bits per heavy atom. The van der Waals surface area contributed by atoms with Gasteiger partial charge in [-0.2, -0.15) is 4.98 Å². The van der Waals surface area contributed by atoms with Crippen LogP contribution in [0.1, 0.15) is 32.6 Å². The number of hydrogen-bond donors (Lipinski definition) is 1. The maximum atomic E-state index is 12.4. The van der Waals surface area contributed by atoms with E-state index >= 15 is 0 Å². The van der Waals surface area contributed by atoms with E-state index in [4.69, 9.17) is 9.72 Å². The van der Waals surface area contributed by atoms with E-state index in [0.717, 1.165) is 24.3 Å². The molecule has 1 aromatic heterocycles. The van der Waals surface area contributed by atoms with Crippen LogP contribution in [-0.2, 0) is 4.74 Å². The molecule has 170 valence electrons. The molecule has 1 aromatic carbocycles. The number of hydrogen-bond acceptors (Lipinski definition) is 6. The first-order valence-electron chi connectivity index (χ1n) is 10.4. The zero-order chi connectivity index (χ0) is 22.4. The Bertz CT molecular complexity index is 838. The second-order valence-electron chi connectivity index (χ2n) is 8.02. The van der Waals surface area contributed by atoms with Crippen LogP contribution in [0.5, 0.6) is 5.75 Å². The average Bonchev–Trinajstić information content (AvgIpc) is 2.73. The summed E-state index contributed by atoms with van der Waals surface area (Å²) < 4.78 is 46.5. The van der Waals surface area contributed by atoms with Crippen LogP contribution >= 0.6 is 0 Å². The molecule has 9 heteroatoms. The number of anilines is 2. The maximum Gasteiger partial charge on any atom is 0.573 e. The highest BCUT2D eigenvalue weighted by Crippen LogP contribution is 2.32. The predicted octanol–water partition coefficient (Wildman–Crippen LogP) is 5.12. The van der Waals surface area contributed by atoms with Crippen molar-refractivity contribution in [3.8, 4) is 16.9 Å². The first kappa shape index (κ1) is 23.1. The number of likely N-dealkylation sites (N-methyl/N-ethyl adjacent to an activating group) is 1. The molecule has 0 saturated heterocycles. The van der Waals surface area contributed by atoms with Gasteiger partial charge < -0.3 is 19.7 Å². The van der Waals surface area contributed by atoms with Crippen LogP contribution in [-0.4, -0.2) is 49.7 Å². The van der Waals surface area contributed by atoms with Gasteiger partial charge in [-0.1, -0.05) is 19.1 Å². The van der Waals surface area contributed by atoms with Gasteiger partial charge in [-0.25, -0.2) is 4.98 Å². The Labute approximate surface area is 180 Å². The molecule has 1 aliphatic rings. The maximum absolute atomic E-state index is 12.4. The quantitative estimate of drug-likeness (QED) is 0.618. The molecular formula is C22H29F3N4O2. The number of aromatic nitrogens is 2. The van der Waals surface area contributed by atoms with Crippen LogP contribution in [0, 0.1) is 5.92 Å². The average molecular weight is 438 g/mol. The van der Waals surface area contributed by atoms with Gasteiger partial charge in [0.2, 0.25) is 5.95 Å². The molecule has 0 radical (unpaired) electrons. The summed E-state index contributed by atoms with van der Waals surface area (Å²) >= 11 is 0. The van der Waals surface area contributed by atoms with Crippen molar-refractivity contribution in [2.24, 2.45) is 5.92 Å². The Balaban J connectivity index is 1.84. The van der Waals surface area contributed by atoms with Gasteiger partial charge >= 0.3 is 6.36 Å². The molecule has 3 rings (SSSR count). The summed E-state index contributed by atoms with van der Waals surface area (Å²) in [6.07, 6.45) is 1.52. The monoisotopic (exact) mass is 438 g/mol. The van der Waals surface area contributed by atoms with Gasteiger partial charge in [0.1, 0.15) is 11.6 Å². The molecule has 1 aliphatic carbocycles. The van der Waals surface area contributed by atoms with Crippen molar-refractivity contribution in [2.45, 2.75) is 45.0 Å². The lowest BCUT2D eigenvalue weighted by Gasteiger charge is -2.27. The number of ether oxygens (including phenoxy) is 2. The zero-order valence-corrected chi connectivity index (χ0v) is 18.1. The van der Waals surface area contributed by atoms with Crippen LogP contribution in [0.4, 0.5) is 24.9 Å². The van der Waals surface area contributed by atoms with Crippen molar-refractivity contribution in [1.82, 2.24) is 9.97 Å². The number of rotatable bonds is 8. The minimum atomic E-state index is -4.72. The molecule has 1 N–H and O–H groups in total. The highest BCUT2D eigenvalue weighted by Gasteiger charge is 2.31. The Hall–Kier alpha value is -2.55. The second kappa shape index (κ2) is 10.2. The molecule has 0 atom stereocenters. The number of methoxy groups -OCH3 is 1. The lowest BCUT2D eigenvalue weighted by Crippen LogP contribution is -2.28. The molecule has 1 saturated carbocycles. The Morgan fingerprint density at radius 3 is 2.42 bits per heavy atom. The van der Waals surface area contributed by atoms with E-state index < -0.39 is 6.36 Å². The molecule has 6 nitrogen and oxygen atoms in total. The van der Waals surface area contributed by atoms with Gasteiger partial charge in [0.05, 0.1) is 6.61 Å². The van der Waals surface area contributed by atoms with Crippen LogP contribution in [0.15, 0.2) is 30.5 Å². The van der Waals surface area contributed by atoms with Crippen molar-refractivity contribution in [1.29, 1.82) is 0 Å². The van der Waals surface area contributed by atoms with E-state index in [1.54, 1.807) is 25.4 Å². The lowest BCUT2D eigenvalue weighted by molar-refractivity contribution is -0.274. The SMILES string of the molecule is COCCN(C)c1nc(NC2CCC(C)CC2)ncc1-c1ccc(OC(F)(F)F)cc1. The van der Waals surface area contributed by atoms with Gasteiger partial charge in [0, 0.05) is 38.5 Å². The fourth-order valence-electron chi connectivity index (χ4n) is 3.69. The van der Waals surface area contributed by atoms with Crippen LogP contribution in [0.3, 0.4) is 0 Å². The fraction of sp³-hybridized carbons (Fsp3) is 0.545. The van der Waals surface area contributed by atoms with Gasteiger partial charge in [-0.15, -0.1) is 13.2 Å². The number of nitrogens with one attached hydrogen (secondary N) is 1. The van der Waals surface area contributed by atoms with Crippen LogP contribution in [0.2, 0.25) is 0 Å². The molecule has 1 heterocycles. The van der Waals surface area contributed by atoms with Crippen molar-refractivity contribution >= 4 is 11.8 Å². The van der Waals surface area contributed by atoms with E-state index in [2.05, 4.69) is 22.0 Å². The molecule has 31 heavy (non-hydrogen) atoms. The van der Waals surface area contributed by atoms with Crippen molar-refractivity contribution in [3.63, 3.8) is 0 Å². The van der Waals surface area contributed by atoms with Gasteiger partial charge in [0.25, 0.3) is 0 Å². The minimum Gasteiger partial charge on any atom is -0.406 e. The first-order valence-corrected chi connectivity index (χ1v) is 10.4. The van der Waals surface area contributed by atoms with Gasteiger partial charge in [-0.3, -0.25) is 0 Å². The smallest absolute Gasteiger partial charge is 0.406 e. The van der Waals surface area contributed by atoms with E-state index in [-0.39, 0.29) is 5.75 Å². The van der Waals surface area contributed by atoms with Gasteiger partial charge in [-0.05, 0) is 49.3 Å². The molecule has 0 unspecified atom stereocenters. The molecule has 1 fully saturated rings. The number of alkyl halides is 3. The zero-order valence-electron chi connectivity index (χ0n) is 18.1. The van der Waals surface area contributed by atoms with Crippen molar-refractivity contribution in [2.75, 3.05) is 37.5 Å². The Kier molecular flexibility index (Phi) is 7.59. The van der Waals surface area contributed by atoms with Crippen molar-refractivity contribution < 1.29 is 22.6 Å². The van der Waals surface area contributed by atoms with Crippen molar-refractivity contribution in [3.05, 3.63) is 30.5 Å². The largest absolute Gasteiger partial charge is 0.573 e. The highest BCUT2D eigenvalue weighted by molar-refractivity contribution is 5.76. The highest BCUT2D eigenvalue weighted by atomic mass is 19.4. The molecule has 2 aromatic rings. The third-order valence-corrected chi connectivity index (χ3v) is 5.51. The molecule has 0 aliphatic heterocycles. The molecule has 0 spiro atoms. The summed E-state index contributed by atoms with van der Waals surface area (Å²) in [5.41, 5.74) is 1.42. The van der Waals surface area contributed by atoms with E-state index in [9.17, 15) is 13.2 Å². The summed E-state index contributed by atoms with van der Waals surface area (Å²) in [5, 5.41) is 3.44. The van der Waals surface area contributed by atoms with Crippen LogP contribution < -0.4 is 15.0 Å². The summed E-state index contributed by atoms with van der Waals surface area (Å²) in [7, 11) is 3.53. The van der Waals surface area contributed by atoms with E-state index in [1.807, 2.05) is 11.9 Å². The fourth-order valence-corrected chi connectivity index (χ4v) is 3.69. The Morgan fingerprint density at radius 2 is 1.81 bits per heavy atom. The van der Waals surface area contributed by atoms with Gasteiger partial charge in [0.15, 0.2) is 0 Å². The summed E-state index contributed by atoms with van der Waals surface area (Å²) in [4.78, 5) is 11.2. The number of nitrogens with zero attached hydrogens (tertiary/aromatic N) is 3. The summed E-state index contributed by atoms with van der Waals surface area (Å²) in [5.74, 6) is 1.72. The standard InChI is InChI=1S/C22H29F3N4O2/c1-15-4-8-17(9-5-15)27-21-26-14-19(20(28-21)29(2)12-13-30-3)16-6-10-18(11-7-16)31-22(23,24)25/h6-7,10-11,14-15,17H,4-5,8-9,12-13H2,1-3H3,(H,26,27,28). The molecular weight excluding hydrogens is 409 g/mol. The minimum absolute atomic E-state index is 0.267.